The summed E-state index contributed by atoms with van der Waals surface area (Å²) < 4.78 is 11.1. The number of carbonyl (C=O) groups is 1. The predicted octanol–water partition coefficient (Wildman–Crippen LogP) is 2.45. The van der Waals surface area contributed by atoms with Gasteiger partial charge in [0, 0.05) is 23.9 Å². The topological polar surface area (TPSA) is 67.8 Å². The summed E-state index contributed by atoms with van der Waals surface area (Å²) in [7, 11) is 1.61. The normalized spacial score (nSPS) is 15.2. The molecule has 0 unspecified atom stereocenters. The van der Waals surface area contributed by atoms with Crippen LogP contribution in [0.4, 0.5) is 0 Å². The van der Waals surface area contributed by atoms with Gasteiger partial charge in [0.05, 0.1) is 13.7 Å². The molecule has 0 bridgehead atoms. The van der Waals surface area contributed by atoms with Gasteiger partial charge in [-0.25, -0.2) is 4.79 Å². The molecule has 0 saturated carbocycles. The molecule has 0 saturated heterocycles. The van der Waals surface area contributed by atoms with Crippen molar-refractivity contribution < 1.29 is 19.4 Å². The lowest BCUT2D eigenvalue weighted by Gasteiger charge is -2.23. The van der Waals surface area contributed by atoms with Crippen molar-refractivity contribution in [2.75, 3.05) is 20.3 Å². The maximum absolute atomic E-state index is 10.9. The van der Waals surface area contributed by atoms with Gasteiger partial charge in [-0.05, 0) is 30.5 Å². The third-order valence-electron chi connectivity index (χ3n) is 3.41. The van der Waals surface area contributed by atoms with E-state index in [1.54, 1.807) is 7.11 Å². The number of hydrogen-bond donors (Lipinski definition) is 2. The number of ether oxygens (including phenoxy) is 2. The minimum absolute atomic E-state index is 0.617. The number of fused-ring (bicyclic) bond motifs is 1. The van der Waals surface area contributed by atoms with Crippen molar-refractivity contribution in [1.29, 1.82) is 0 Å². The Balaban J connectivity index is 2.37. The summed E-state index contributed by atoms with van der Waals surface area (Å²) >= 11 is 0. The first-order valence-electron chi connectivity index (χ1n) is 7.18. The zero-order chi connectivity index (χ0) is 15.2. The van der Waals surface area contributed by atoms with E-state index in [0.29, 0.717) is 30.3 Å². The van der Waals surface area contributed by atoms with E-state index >= 15 is 0 Å². The average molecular weight is 291 g/mol. The molecule has 0 spiro atoms. The summed E-state index contributed by atoms with van der Waals surface area (Å²) in [6.07, 6.45) is 4.05. The van der Waals surface area contributed by atoms with Gasteiger partial charge in [0.2, 0.25) is 0 Å². The van der Waals surface area contributed by atoms with Gasteiger partial charge < -0.3 is 19.9 Å². The van der Waals surface area contributed by atoms with Gasteiger partial charge in [-0.15, -0.1) is 0 Å². The van der Waals surface area contributed by atoms with E-state index in [9.17, 15) is 4.79 Å². The molecule has 5 nitrogen and oxygen atoms in total. The van der Waals surface area contributed by atoms with Gasteiger partial charge in [-0.3, -0.25) is 0 Å². The van der Waals surface area contributed by atoms with Gasteiger partial charge in [0.1, 0.15) is 0 Å². The van der Waals surface area contributed by atoms with E-state index in [4.69, 9.17) is 14.6 Å². The number of benzene rings is 1. The first-order valence-corrected chi connectivity index (χ1v) is 7.18. The molecule has 0 aromatic heterocycles. The van der Waals surface area contributed by atoms with Gasteiger partial charge in [0.15, 0.2) is 11.5 Å². The second kappa shape index (κ2) is 7.02. The van der Waals surface area contributed by atoms with Gasteiger partial charge in [0.25, 0.3) is 0 Å². The fraction of sp³-hybridized carbons (Fsp3) is 0.438. The number of carboxylic acid groups (broad SMARTS) is 1. The van der Waals surface area contributed by atoms with Crippen molar-refractivity contribution in [2.24, 2.45) is 0 Å². The maximum Gasteiger partial charge on any atom is 0.330 e. The molecule has 0 fully saturated rings. The highest BCUT2D eigenvalue weighted by Gasteiger charge is 2.18. The van der Waals surface area contributed by atoms with Crippen molar-refractivity contribution in [3.8, 4) is 11.5 Å². The zero-order valence-electron chi connectivity index (χ0n) is 12.4. The lowest BCUT2D eigenvalue weighted by molar-refractivity contribution is -0.131. The number of unbranched alkanes of at least 4 members (excludes halogenated alkanes) is 1. The third kappa shape index (κ3) is 3.68. The minimum atomic E-state index is -0.963. The molecule has 1 aliphatic heterocycles. The maximum atomic E-state index is 10.9. The third-order valence-corrected chi connectivity index (χ3v) is 3.41. The van der Waals surface area contributed by atoms with Crippen LogP contribution < -0.4 is 14.8 Å². The van der Waals surface area contributed by atoms with Crippen LogP contribution in [0.2, 0.25) is 0 Å². The summed E-state index contributed by atoms with van der Waals surface area (Å²) in [5.74, 6) is 0.390. The van der Waals surface area contributed by atoms with Crippen molar-refractivity contribution in [1.82, 2.24) is 5.32 Å². The summed E-state index contributed by atoms with van der Waals surface area (Å²) in [6.45, 7) is 3.44. The van der Waals surface area contributed by atoms with Crippen molar-refractivity contribution in [3.05, 3.63) is 29.3 Å². The summed E-state index contributed by atoms with van der Waals surface area (Å²) in [5, 5.41) is 12.1. The molecule has 0 amide bonds. The fourth-order valence-corrected chi connectivity index (χ4v) is 2.34. The molecule has 1 aliphatic rings. The molecule has 114 valence electrons. The molecule has 0 radical (unpaired) electrons. The standard InChI is InChI=1S/C16H21NO4/c1-3-4-7-21-15-9-12-11(8-14(15)20-2)5-6-17-13(12)10-16(18)19/h8-10,17H,3-7H2,1-2H3,(H,18,19)/b13-10-. The Morgan fingerprint density at radius 2 is 2.24 bits per heavy atom. The Morgan fingerprint density at radius 3 is 2.90 bits per heavy atom. The van der Waals surface area contributed by atoms with Crippen LogP contribution in [0.1, 0.15) is 30.9 Å². The molecule has 1 heterocycles. The molecule has 2 N–H and O–H groups in total. The summed E-state index contributed by atoms with van der Waals surface area (Å²) in [6, 6.07) is 3.80. The van der Waals surface area contributed by atoms with E-state index in [1.165, 1.54) is 6.08 Å². The van der Waals surface area contributed by atoms with E-state index < -0.39 is 5.97 Å². The Labute approximate surface area is 124 Å². The highest BCUT2D eigenvalue weighted by molar-refractivity contribution is 5.90. The number of rotatable bonds is 6. The van der Waals surface area contributed by atoms with Crippen LogP contribution in [0.5, 0.6) is 11.5 Å². The Bertz CT molecular complexity index is 551. The molecule has 0 atom stereocenters. The van der Waals surface area contributed by atoms with Crippen molar-refractivity contribution in [3.63, 3.8) is 0 Å². The number of hydrogen-bond acceptors (Lipinski definition) is 4. The highest BCUT2D eigenvalue weighted by Crippen LogP contribution is 2.35. The van der Waals surface area contributed by atoms with Crippen LogP contribution in [-0.4, -0.2) is 31.3 Å². The van der Waals surface area contributed by atoms with Crippen LogP contribution in [-0.2, 0) is 11.2 Å². The molecule has 5 heteroatoms. The predicted molar refractivity (Wildman–Crippen MR) is 80.7 cm³/mol. The van der Waals surface area contributed by atoms with Crippen LogP contribution in [0.3, 0.4) is 0 Å². The number of aliphatic carboxylic acids is 1. The van der Waals surface area contributed by atoms with Crippen molar-refractivity contribution >= 4 is 11.7 Å². The lowest BCUT2D eigenvalue weighted by Crippen LogP contribution is -2.23. The molecule has 0 aliphatic carbocycles. The van der Waals surface area contributed by atoms with Crippen LogP contribution in [0, 0.1) is 0 Å². The monoisotopic (exact) mass is 291 g/mol. The van der Waals surface area contributed by atoms with E-state index in [1.807, 2.05) is 12.1 Å². The summed E-state index contributed by atoms with van der Waals surface area (Å²) in [4.78, 5) is 10.9. The van der Waals surface area contributed by atoms with E-state index in [-0.39, 0.29) is 0 Å². The van der Waals surface area contributed by atoms with Crippen LogP contribution in [0.15, 0.2) is 18.2 Å². The molecular weight excluding hydrogens is 270 g/mol. The quantitative estimate of drug-likeness (QED) is 0.622. The van der Waals surface area contributed by atoms with Crippen LogP contribution >= 0.6 is 0 Å². The first-order chi connectivity index (χ1) is 10.2. The van der Waals surface area contributed by atoms with E-state index in [0.717, 1.165) is 30.4 Å². The molecule has 1 aromatic rings. The Morgan fingerprint density at radius 1 is 1.43 bits per heavy atom. The van der Waals surface area contributed by atoms with Crippen LogP contribution in [0.25, 0.3) is 5.70 Å². The zero-order valence-corrected chi connectivity index (χ0v) is 12.4. The number of carboxylic acids is 1. The van der Waals surface area contributed by atoms with Gasteiger partial charge in [-0.1, -0.05) is 13.3 Å². The Hall–Kier alpha value is -2.17. The lowest BCUT2D eigenvalue weighted by atomic mass is 9.97. The fourth-order valence-electron chi connectivity index (χ4n) is 2.34. The SMILES string of the molecule is CCCCOc1cc2c(cc1OC)CCN/C2=C\C(=O)O. The Kier molecular flexibility index (Phi) is 5.09. The van der Waals surface area contributed by atoms with Gasteiger partial charge >= 0.3 is 5.97 Å². The smallest absolute Gasteiger partial charge is 0.330 e. The molecular formula is C16H21NO4. The number of methoxy groups -OCH3 is 1. The minimum Gasteiger partial charge on any atom is -0.493 e. The highest BCUT2D eigenvalue weighted by atomic mass is 16.5. The largest absolute Gasteiger partial charge is 0.493 e. The second-order valence-corrected chi connectivity index (χ2v) is 4.94. The summed E-state index contributed by atoms with van der Waals surface area (Å²) in [5.41, 5.74) is 2.56. The average Bonchev–Trinajstić information content (AvgIpc) is 2.47. The van der Waals surface area contributed by atoms with E-state index in [2.05, 4.69) is 12.2 Å². The molecule has 2 rings (SSSR count). The molecule has 21 heavy (non-hydrogen) atoms. The second-order valence-electron chi connectivity index (χ2n) is 4.94. The molecule has 1 aromatic carbocycles. The van der Waals surface area contributed by atoms with Gasteiger partial charge in [-0.2, -0.15) is 0 Å². The van der Waals surface area contributed by atoms with Crippen molar-refractivity contribution in [2.45, 2.75) is 26.2 Å². The number of nitrogens with one attached hydrogen (secondary N) is 1. The first kappa shape index (κ1) is 15.2.